The minimum absolute atomic E-state index is 0.0424. The molecule has 11 nitrogen and oxygen atoms in total. The standard InChI is InChI=1S/C22H32N8O3/c1-13(2)12-30(4)22-27-20(23-11-16-8-9-18(31)24-16)26-21(28-22)25-17-10-15(7-6-14(17)3)19(32)29-33-5/h6-7,10,13,16H,8-9,11-12H2,1-5H3,(H,24,31)(H,29,32)(H2,23,25,26,27,28). The second-order valence-corrected chi connectivity index (χ2v) is 8.53. The van der Waals surface area contributed by atoms with E-state index >= 15 is 0 Å². The molecule has 1 unspecified atom stereocenters. The van der Waals surface area contributed by atoms with Crippen LogP contribution < -0.4 is 26.3 Å². The molecule has 1 saturated heterocycles. The second-order valence-electron chi connectivity index (χ2n) is 8.53. The molecule has 3 rings (SSSR count). The molecule has 1 atom stereocenters. The van der Waals surface area contributed by atoms with Gasteiger partial charge < -0.3 is 20.9 Å². The molecule has 2 heterocycles. The lowest BCUT2D eigenvalue weighted by Gasteiger charge is -2.21. The predicted molar refractivity (Wildman–Crippen MR) is 127 cm³/mol. The summed E-state index contributed by atoms with van der Waals surface area (Å²) in [5.41, 5.74) is 4.36. The highest BCUT2D eigenvalue weighted by Crippen LogP contribution is 2.22. The first-order chi connectivity index (χ1) is 15.7. The smallest absolute Gasteiger partial charge is 0.274 e. The van der Waals surface area contributed by atoms with Gasteiger partial charge in [0.05, 0.1) is 7.11 Å². The molecule has 0 aliphatic carbocycles. The molecule has 2 amide bonds. The Morgan fingerprint density at radius 3 is 2.70 bits per heavy atom. The van der Waals surface area contributed by atoms with E-state index in [1.807, 2.05) is 24.9 Å². The van der Waals surface area contributed by atoms with E-state index in [4.69, 9.17) is 4.84 Å². The van der Waals surface area contributed by atoms with Crippen LogP contribution in [0.15, 0.2) is 18.2 Å². The number of anilines is 4. The Balaban J connectivity index is 1.85. The van der Waals surface area contributed by atoms with Crippen molar-refractivity contribution in [3.05, 3.63) is 29.3 Å². The van der Waals surface area contributed by atoms with Crippen LogP contribution in [-0.4, -0.2) is 60.1 Å². The van der Waals surface area contributed by atoms with Gasteiger partial charge in [0, 0.05) is 43.9 Å². The number of hydrogen-bond donors (Lipinski definition) is 4. The fourth-order valence-corrected chi connectivity index (χ4v) is 3.51. The number of carbonyl (C=O) groups is 2. The van der Waals surface area contributed by atoms with Crippen molar-refractivity contribution in [3.8, 4) is 0 Å². The van der Waals surface area contributed by atoms with Crippen molar-refractivity contribution in [3.63, 3.8) is 0 Å². The number of nitrogens with zero attached hydrogens (tertiary/aromatic N) is 4. The zero-order chi connectivity index (χ0) is 24.0. The molecular weight excluding hydrogens is 424 g/mol. The van der Waals surface area contributed by atoms with Crippen molar-refractivity contribution in [1.82, 2.24) is 25.7 Å². The number of aromatic nitrogens is 3. The van der Waals surface area contributed by atoms with Gasteiger partial charge in [-0.05, 0) is 37.0 Å². The van der Waals surface area contributed by atoms with Crippen molar-refractivity contribution in [2.24, 2.45) is 5.92 Å². The maximum absolute atomic E-state index is 12.1. The van der Waals surface area contributed by atoms with E-state index in [-0.39, 0.29) is 17.9 Å². The van der Waals surface area contributed by atoms with Gasteiger partial charge in [-0.3, -0.25) is 14.4 Å². The maximum Gasteiger partial charge on any atom is 0.274 e. The van der Waals surface area contributed by atoms with E-state index < -0.39 is 0 Å². The molecule has 178 valence electrons. The van der Waals surface area contributed by atoms with Crippen LogP contribution in [0.1, 0.15) is 42.6 Å². The van der Waals surface area contributed by atoms with Crippen LogP contribution in [-0.2, 0) is 9.63 Å². The molecule has 1 aliphatic rings. The summed E-state index contributed by atoms with van der Waals surface area (Å²) in [6, 6.07) is 5.31. The zero-order valence-electron chi connectivity index (χ0n) is 19.7. The van der Waals surface area contributed by atoms with E-state index in [0.29, 0.717) is 48.0 Å². The minimum Gasteiger partial charge on any atom is -0.352 e. The molecule has 11 heteroatoms. The van der Waals surface area contributed by atoms with E-state index in [2.05, 4.69) is 50.2 Å². The largest absolute Gasteiger partial charge is 0.352 e. The fourth-order valence-electron chi connectivity index (χ4n) is 3.51. The predicted octanol–water partition coefficient (Wildman–Crippen LogP) is 2.00. The molecule has 4 N–H and O–H groups in total. The molecular formula is C22H32N8O3. The van der Waals surface area contributed by atoms with Crippen LogP contribution in [0, 0.1) is 12.8 Å². The number of aryl methyl sites for hydroxylation is 1. The quantitative estimate of drug-likeness (QED) is 0.396. The van der Waals surface area contributed by atoms with Gasteiger partial charge in [0.15, 0.2) is 0 Å². The molecule has 0 saturated carbocycles. The number of hydroxylamine groups is 1. The highest BCUT2D eigenvalue weighted by atomic mass is 16.6. The molecule has 1 aliphatic heterocycles. The average Bonchev–Trinajstić information content (AvgIpc) is 3.18. The highest BCUT2D eigenvalue weighted by Gasteiger charge is 2.21. The van der Waals surface area contributed by atoms with Crippen LogP contribution >= 0.6 is 0 Å². The van der Waals surface area contributed by atoms with E-state index in [1.165, 1.54) is 7.11 Å². The summed E-state index contributed by atoms with van der Waals surface area (Å²) < 4.78 is 0. The Labute approximate surface area is 193 Å². The zero-order valence-corrected chi connectivity index (χ0v) is 19.7. The summed E-state index contributed by atoms with van der Waals surface area (Å²) in [7, 11) is 3.32. The summed E-state index contributed by atoms with van der Waals surface area (Å²) in [6.45, 7) is 7.47. The van der Waals surface area contributed by atoms with E-state index in [0.717, 1.165) is 18.5 Å². The fraction of sp³-hybridized carbons (Fsp3) is 0.500. The second kappa shape index (κ2) is 10.9. The van der Waals surface area contributed by atoms with Gasteiger partial charge in [0.2, 0.25) is 23.8 Å². The van der Waals surface area contributed by atoms with E-state index in [9.17, 15) is 9.59 Å². The van der Waals surface area contributed by atoms with E-state index in [1.54, 1.807) is 12.1 Å². The van der Waals surface area contributed by atoms with Gasteiger partial charge in [-0.25, -0.2) is 5.48 Å². The van der Waals surface area contributed by atoms with Crippen LogP contribution in [0.5, 0.6) is 0 Å². The number of hydrogen-bond acceptors (Lipinski definition) is 9. The third kappa shape index (κ3) is 6.75. The lowest BCUT2D eigenvalue weighted by molar-refractivity contribution is -0.119. The van der Waals surface area contributed by atoms with Crippen molar-refractivity contribution in [1.29, 1.82) is 0 Å². The number of benzene rings is 1. The Bertz CT molecular complexity index is 998. The Morgan fingerprint density at radius 2 is 2.03 bits per heavy atom. The molecule has 33 heavy (non-hydrogen) atoms. The molecule has 1 aromatic heterocycles. The third-order valence-corrected chi connectivity index (χ3v) is 5.14. The lowest BCUT2D eigenvalue weighted by Crippen LogP contribution is -2.32. The van der Waals surface area contributed by atoms with Crippen molar-refractivity contribution in [2.45, 2.75) is 39.7 Å². The summed E-state index contributed by atoms with van der Waals surface area (Å²) >= 11 is 0. The minimum atomic E-state index is -0.352. The maximum atomic E-state index is 12.1. The number of carbonyl (C=O) groups excluding carboxylic acids is 2. The first-order valence-corrected chi connectivity index (χ1v) is 11.0. The number of nitrogens with one attached hydrogen (secondary N) is 4. The molecule has 0 spiro atoms. The topological polar surface area (TPSA) is 133 Å². The normalized spacial score (nSPS) is 15.3. The first-order valence-electron chi connectivity index (χ1n) is 11.0. The van der Waals surface area contributed by atoms with Gasteiger partial charge in [-0.15, -0.1) is 0 Å². The van der Waals surface area contributed by atoms with Crippen molar-refractivity contribution < 1.29 is 14.4 Å². The van der Waals surface area contributed by atoms with Crippen molar-refractivity contribution >= 4 is 35.3 Å². The summed E-state index contributed by atoms with van der Waals surface area (Å²) in [5.74, 6) is 1.40. The highest BCUT2D eigenvalue weighted by molar-refractivity contribution is 5.94. The van der Waals surface area contributed by atoms with Crippen LogP contribution in [0.25, 0.3) is 0 Å². The van der Waals surface area contributed by atoms with Gasteiger partial charge >= 0.3 is 0 Å². The van der Waals surface area contributed by atoms with Gasteiger partial charge in [0.1, 0.15) is 0 Å². The monoisotopic (exact) mass is 456 g/mol. The Hall–Kier alpha value is -3.47. The third-order valence-electron chi connectivity index (χ3n) is 5.14. The molecule has 0 bridgehead atoms. The Morgan fingerprint density at radius 1 is 1.27 bits per heavy atom. The van der Waals surface area contributed by atoms with Gasteiger partial charge in [-0.2, -0.15) is 15.0 Å². The van der Waals surface area contributed by atoms with Crippen molar-refractivity contribution in [2.75, 3.05) is 42.8 Å². The number of amides is 2. The van der Waals surface area contributed by atoms with Gasteiger partial charge in [-0.1, -0.05) is 19.9 Å². The molecule has 1 aromatic carbocycles. The lowest BCUT2D eigenvalue weighted by atomic mass is 10.1. The summed E-state index contributed by atoms with van der Waals surface area (Å²) in [5, 5.41) is 9.36. The molecule has 0 radical (unpaired) electrons. The average molecular weight is 457 g/mol. The van der Waals surface area contributed by atoms with Crippen LogP contribution in [0.3, 0.4) is 0 Å². The Kier molecular flexibility index (Phi) is 7.99. The number of rotatable bonds is 10. The van der Waals surface area contributed by atoms with Gasteiger partial charge in [0.25, 0.3) is 5.91 Å². The summed E-state index contributed by atoms with van der Waals surface area (Å²) in [6.07, 6.45) is 1.31. The molecule has 2 aromatic rings. The SMILES string of the molecule is CONC(=O)c1ccc(C)c(Nc2nc(NCC3CCC(=O)N3)nc(N(C)CC(C)C)n2)c1. The molecule has 1 fully saturated rings. The van der Waals surface area contributed by atoms with Crippen LogP contribution in [0.2, 0.25) is 0 Å². The summed E-state index contributed by atoms with van der Waals surface area (Å²) in [4.78, 5) is 44.0. The first kappa shape index (κ1) is 24.2. The van der Waals surface area contributed by atoms with Crippen LogP contribution in [0.4, 0.5) is 23.5 Å².